The van der Waals surface area contributed by atoms with Crippen molar-refractivity contribution < 1.29 is 9.90 Å². The minimum absolute atomic E-state index is 0.0467. The summed E-state index contributed by atoms with van der Waals surface area (Å²) in [5.74, 6) is 1.18. The minimum atomic E-state index is 0.0467. The van der Waals surface area contributed by atoms with Crippen molar-refractivity contribution in [1.82, 2.24) is 4.90 Å². The summed E-state index contributed by atoms with van der Waals surface area (Å²) >= 11 is 0. The van der Waals surface area contributed by atoms with Crippen molar-refractivity contribution in [2.75, 3.05) is 13.1 Å². The fourth-order valence-electron chi connectivity index (χ4n) is 2.39. The summed E-state index contributed by atoms with van der Waals surface area (Å²) in [6, 6.07) is 5.15. The molecule has 1 aromatic carbocycles. The van der Waals surface area contributed by atoms with E-state index in [9.17, 15) is 9.90 Å². The third-order valence-corrected chi connectivity index (χ3v) is 3.63. The Morgan fingerprint density at radius 2 is 2.16 bits per heavy atom. The number of benzene rings is 1. The van der Waals surface area contributed by atoms with Gasteiger partial charge in [0.1, 0.15) is 5.75 Å². The molecule has 0 aromatic heterocycles. The van der Waals surface area contributed by atoms with E-state index >= 15 is 0 Å². The molecule has 19 heavy (non-hydrogen) atoms. The lowest BCUT2D eigenvalue weighted by molar-refractivity contribution is 0.101. The van der Waals surface area contributed by atoms with Crippen molar-refractivity contribution >= 4 is 5.78 Å². The first-order valence-electron chi connectivity index (χ1n) is 7.15. The molecule has 0 amide bonds. The van der Waals surface area contributed by atoms with Crippen LogP contribution >= 0.6 is 0 Å². The van der Waals surface area contributed by atoms with Gasteiger partial charge in [0, 0.05) is 24.2 Å². The van der Waals surface area contributed by atoms with Gasteiger partial charge >= 0.3 is 0 Å². The predicted octanol–water partition coefficient (Wildman–Crippen LogP) is 3.22. The average Bonchev–Trinajstić information content (AvgIpc) is 3.16. The van der Waals surface area contributed by atoms with Crippen LogP contribution in [0.3, 0.4) is 0 Å². The summed E-state index contributed by atoms with van der Waals surface area (Å²) in [6.07, 6.45) is 3.78. The van der Waals surface area contributed by atoms with Crippen LogP contribution in [0.25, 0.3) is 0 Å². The van der Waals surface area contributed by atoms with E-state index in [0.717, 1.165) is 37.5 Å². The summed E-state index contributed by atoms with van der Waals surface area (Å²) in [6.45, 7) is 6.62. The number of ketones is 1. The number of hydrogen-bond donors (Lipinski definition) is 1. The molecule has 1 saturated carbocycles. The highest BCUT2D eigenvalue weighted by atomic mass is 16.3. The molecule has 0 saturated heterocycles. The Morgan fingerprint density at radius 3 is 2.74 bits per heavy atom. The molecule has 0 bridgehead atoms. The Balaban J connectivity index is 2.09. The van der Waals surface area contributed by atoms with Gasteiger partial charge in [-0.15, -0.1) is 0 Å². The Labute approximate surface area is 115 Å². The van der Waals surface area contributed by atoms with Crippen LogP contribution < -0.4 is 0 Å². The molecule has 0 unspecified atom stereocenters. The molecule has 0 heterocycles. The third-order valence-electron chi connectivity index (χ3n) is 3.63. The molecule has 0 aliphatic heterocycles. The number of phenols is 1. The Hall–Kier alpha value is -1.35. The highest BCUT2D eigenvalue weighted by molar-refractivity contribution is 5.94. The van der Waals surface area contributed by atoms with E-state index < -0.39 is 0 Å². The van der Waals surface area contributed by atoms with E-state index in [2.05, 4.69) is 11.8 Å². The average molecular weight is 261 g/mol. The molecule has 104 valence electrons. The van der Waals surface area contributed by atoms with Gasteiger partial charge in [-0.2, -0.15) is 0 Å². The number of hydrogen-bond acceptors (Lipinski definition) is 3. The highest BCUT2D eigenvalue weighted by Crippen LogP contribution is 2.31. The van der Waals surface area contributed by atoms with Crippen molar-refractivity contribution in [3.63, 3.8) is 0 Å². The molecule has 1 aromatic rings. The van der Waals surface area contributed by atoms with Gasteiger partial charge < -0.3 is 5.11 Å². The summed E-state index contributed by atoms with van der Waals surface area (Å²) in [4.78, 5) is 13.8. The largest absolute Gasteiger partial charge is 0.508 e. The topological polar surface area (TPSA) is 40.5 Å². The van der Waals surface area contributed by atoms with Gasteiger partial charge in [0.2, 0.25) is 0 Å². The van der Waals surface area contributed by atoms with Crippen molar-refractivity contribution in [1.29, 1.82) is 0 Å². The lowest BCUT2D eigenvalue weighted by Gasteiger charge is -2.22. The number of aromatic hydroxyl groups is 1. The van der Waals surface area contributed by atoms with Crippen molar-refractivity contribution in [3.8, 4) is 5.75 Å². The lowest BCUT2D eigenvalue weighted by Crippen LogP contribution is -2.26. The fraction of sp³-hybridized carbons (Fsp3) is 0.562. The zero-order chi connectivity index (χ0) is 13.8. The number of rotatable bonds is 7. The maximum Gasteiger partial charge on any atom is 0.159 e. The second kappa shape index (κ2) is 6.20. The molecule has 0 radical (unpaired) electrons. The zero-order valence-corrected chi connectivity index (χ0v) is 11.9. The van der Waals surface area contributed by atoms with E-state index in [0.29, 0.717) is 11.3 Å². The first-order chi connectivity index (χ1) is 9.10. The number of carbonyl (C=O) groups excluding carboxylic acids is 1. The van der Waals surface area contributed by atoms with Crippen LogP contribution in [-0.4, -0.2) is 28.9 Å². The molecule has 2 rings (SSSR count). The van der Waals surface area contributed by atoms with Gasteiger partial charge in [-0.1, -0.05) is 6.92 Å². The number of phenolic OH excluding ortho intramolecular Hbond substituents is 1. The number of nitrogens with zero attached hydrogens (tertiary/aromatic N) is 1. The second-order valence-electron chi connectivity index (χ2n) is 5.58. The van der Waals surface area contributed by atoms with Crippen LogP contribution in [0, 0.1) is 5.92 Å². The van der Waals surface area contributed by atoms with E-state index in [1.54, 1.807) is 19.1 Å². The smallest absolute Gasteiger partial charge is 0.159 e. The zero-order valence-electron chi connectivity index (χ0n) is 11.9. The van der Waals surface area contributed by atoms with E-state index in [1.807, 2.05) is 6.07 Å². The normalized spacial score (nSPS) is 14.9. The van der Waals surface area contributed by atoms with E-state index in [-0.39, 0.29) is 5.78 Å². The van der Waals surface area contributed by atoms with Gasteiger partial charge in [-0.3, -0.25) is 9.69 Å². The molecule has 1 fully saturated rings. The van der Waals surface area contributed by atoms with Gasteiger partial charge in [0.15, 0.2) is 5.78 Å². The molecular weight excluding hydrogens is 238 g/mol. The monoisotopic (exact) mass is 261 g/mol. The Bertz CT molecular complexity index is 452. The standard InChI is InChI=1S/C16H23NO2/c1-3-8-17(10-13-4-5-13)11-15-9-14(12(2)18)6-7-16(15)19/h6-7,9,13,19H,3-5,8,10-11H2,1-2H3. The number of carbonyl (C=O) groups is 1. The number of Topliss-reactive ketones (excluding diaryl/α,β-unsaturated/α-hetero) is 1. The maximum atomic E-state index is 11.4. The van der Waals surface area contributed by atoms with E-state index in [4.69, 9.17) is 0 Å². The summed E-state index contributed by atoms with van der Waals surface area (Å²) in [5.41, 5.74) is 1.54. The van der Waals surface area contributed by atoms with E-state index in [1.165, 1.54) is 12.8 Å². The first kappa shape index (κ1) is 14.1. The second-order valence-corrected chi connectivity index (χ2v) is 5.58. The van der Waals surface area contributed by atoms with Gasteiger partial charge in [0.05, 0.1) is 0 Å². The van der Waals surface area contributed by atoms with Crippen molar-refractivity contribution in [2.45, 2.75) is 39.7 Å². The minimum Gasteiger partial charge on any atom is -0.508 e. The molecule has 1 aliphatic carbocycles. The summed E-state index contributed by atoms with van der Waals surface area (Å²) in [7, 11) is 0. The van der Waals surface area contributed by atoms with Crippen LogP contribution in [0.1, 0.15) is 49.0 Å². The third kappa shape index (κ3) is 4.06. The lowest BCUT2D eigenvalue weighted by atomic mass is 10.1. The summed E-state index contributed by atoms with van der Waals surface area (Å²) in [5, 5.41) is 9.95. The first-order valence-corrected chi connectivity index (χ1v) is 7.15. The molecule has 1 aliphatic rings. The van der Waals surface area contributed by atoms with Crippen LogP contribution in [0.15, 0.2) is 18.2 Å². The summed E-state index contributed by atoms with van der Waals surface area (Å²) < 4.78 is 0. The predicted molar refractivity (Wildman–Crippen MR) is 76.4 cm³/mol. The molecular formula is C16H23NO2. The van der Waals surface area contributed by atoms with Crippen LogP contribution in [0.5, 0.6) is 5.75 Å². The Morgan fingerprint density at radius 1 is 1.42 bits per heavy atom. The van der Waals surface area contributed by atoms with Gasteiger partial charge in [-0.25, -0.2) is 0 Å². The molecule has 1 N–H and O–H groups in total. The maximum absolute atomic E-state index is 11.4. The fourth-order valence-corrected chi connectivity index (χ4v) is 2.39. The van der Waals surface area contributed by atoms with Crippen LogP contribution in [0.4, 0.5) is 0 Å². The van der Waals surface area contributed by atoms with Crippen LogP contribution in [0.2, 0.25) is 0 Å². The quantitative estimate of drug-likeness (QED) is 0.766. The van der Waals surface area contributed by atoms with Gasteiger partial charge in [0.25, 0.3) is 0 Å². The van der Waals surface area contributed by atoms with Gasteiger partial charge in [-0.05, 0) is 56.8 Å². The molecule has 3 heteroatoms. The SMILES string of the molecule is CCCN(Cc1cc(C(C)=O)ccc1O)CC1CC1. The van der Waals surface area contributed by atoms with Crippen LogP contribution in [-0.2, 0) is 6.54 Å². The molecule has 3 nitrogen and oxygen atoms in total. The van der Waals surface area contributed by atoms with Crippen molar-refractivity contribution in [2.24, 2.45) is 5.92 Å². The highest BCUT2D eigenvalue weighted by Gasteiger charge is 2.24. The molecule has 0 atom stereocenters. The molecule has 0 spiro atoms. The van der Waals surface area contributed by atoms with Crippen molar-refractivity contribution in [3.05, 3.63) is 29.3 Å². The Kier molecular flexibility index (Phi) is 4.59.